The van der Waals surface area contributed by atoms with Crippen LogP contribution in [0.5, 0.6) is 0 Å². The normalized spacial score (nSPS) is 28.1. The number of H-pyrrole nitrogens is 1. The second kappa shape index (κ2) is 7.68. The fourth-order valence-corrected chi connectivity index (χ4v) is 2.47. The molecule has 8 nitrogen and oxygen atoms in total. The Labute approximate surface area is 127 Å². The number of aliphatic hydroxyl groups excluding tert-OH is 2. The summed E-state index contributed by atoms with van der Waals surface area (Å²) in [5.41, 5.74) is -1.16. The Bertz CT molecular complexity index is 583. The van der Waals surface area contributed by atoms with Crippen molar-refractivity contribution >= 4 is 0 Å². The van der Waals surface area contributed by atoms with E-state index in [4.69, 9.17) is 9.47 Å². The lowest BCUT2D eigenvalue weighted by Gasteiger charge is -2.22. The zero-order valence-corrected chi connectivity index (χ0v) is 12.5. The van der Waals surface area contributed by atoms with Crippen molar-refractivity contribution in [1.29, 1.82) is 0 Å². The molecule has 0 saturated carbocycles. The number of unbranched alkanes of at least 4 members (excludes halogenated alkanes) is 2. The van der Waals surface area contributed by atoms with Crippen LogP contribution in [0, 0.1) is 0 Å². The van der Waals surface area contributed by atoms with E-state index in [1.54, 1.807) is 0 Å². The average molecular weight is 314 g/mol. The van der Waals surface area contributed by atoms with E-state index in [1.165, 1.54) is 12.3 Å². The summed E-state index contributed by atoms with van der Waals surface area (Å²) in [6.07, 6.45) is 0.606. The van der Waals surface area contributed by atoms with Gasteiger partial charge in [-0.25, -0.2) is 4.79 Å². The Balaban J connectivity index is 2.18. The molecule has 0 radical (unpaired) electrons. The first kappa shape index (κ1) is 16.9. The largest absolute Gasteiger partial charge is 0.394 e. The van der Waals surface area contributed by atoms with Gasteiger partial charge in [0.15, 0.2) is 6.23 Å². The highest BCUT2D eigenvalue weighted by atomic mass is 16.6. The quantitative estimate of drug-likeness (QED) is 0.577. The van der Waals surface area contributed by atoms with Gasteiger partial charge in [-0.1, -0.05) is 19.8 Å². The fraction of sp³-hybridized carbons (Fsp3) is 0.714. The summed E-state index contributed by atoms with van der Waals surface area (Å²) in [6.45, 7) is 2.11. The summed E-state index contributed by atoms with van der Waals surface area (Å²) in [5.74, 6) is 0. The molecule has 2 rings (SSSR count). The van der Waals surface area contributed by atoms with Crippen LogP contribution in [0.3, 0.4) is 0 Å². The molecule has 1 aliphatic rings. The van der Waals surface area contributed by atoms with Gasteiger partial charge in [0.25, 0.3) is 5.56 Å². The van der Waals surface area contributed by atoms with Crippen molar-refractivity contribution in [3.05, 3.63) is 33.1 Å². The molecule has 22 heavy (non-hydrogen) atoms. The van der Waals surface area contributed by atoms with Crippen LogP contribution in [-0.4, -0.2) is 51.3 Å². The molecular formula is C14H22N2O6. The number of aromatic amines is 1. The Hall–Kier alpha value is -1.48. The summed E-state index contributed by atoms with van der Waals surface area (Å²) >= 11 is 0. The molecule has 8 heteroatoms. The van der Waals surface area contributed by atoms with E-state index in [0.29, 0.717) is 6.61 Å². The standard InChI is InChI=1S/C14H22N2O6/c1-2-3-4-7-21-12-11(19)9(8-17)22-13(12)16-6-5-10(18)15-14(16)20/h5-6,9,11-13,17,19H,2-4,7-8H2,1H3,(H,15,18,20)/t9-,11?,12?,13-/m0/s1. The summed E-state index contributed by atoms with van der Waals surface area (Å²) < 4.78 is 12.3. The smallest absolute Gasteiger partial charge is 0.330 e. The Morgan fingerprint density at radius 3 is 2.82 bits per heavy atom. The van der Waals surface area contributed by atoms with Crippen molar-refractivity contribution in [3.8, 4) is 0 Å². The van der Waals surface area contributed by atoms with Gasteiger partial charge in [-0.3, -0.25) is 14.3 Å². The first-order valence-corrected chi connectivity index (χ1v) is 7.46. The van der Waals surface area contributed by atoms with E-state index >= 15 is 0 Å². The first-order chi connectivity index (χ1) is 10.6. The van der Waals surface area contributed by atoms with Gasteiger partial charge in [-0.2, -0.15) is 0 Å². The predicted molar refractivity (Wildman–Crippen MR) is 77.6 cm³/mol. The summed E-state index contributed by atoms with van der Waals surface area (Å²) in [5, 5.41) is 19.4. The lowest BCUT2D eigenvalue weighted by atomic mass is 10.1. The number of ether oxygens (including phenoxy) is 2. The Morgan fingerprint density at radius 1 is 1.41 bits per heavy atom. The number of aliphatic hydroxyl groups is 2. The van der Waals surface area contributed by atoms with E-state index in [1.807, 2.05) is 0 Å². The zero-order valence-electron chi connectivity index (χ0n) is 12.5. The van der Waals surface area contributed by atoms with E-state index in [2.05, 4.69) is 11.9 Å². The number of nitrogens with zero attached hydrogens (tertiary/aromatic N) is 1. The fourth-order valence-electron chi connectivity index (χ4n) is 2.47. The molecule has 124 valence electrons. The molecule has 0 spiro atoms. The zero-order chi connectivity index (χ0) is 16.1. The second-order valence-electron chi connectivity index (χ2n) is 5.30. The van der Waals surface area contributed by atoms with Crippen LogP contribution in [-0.2, 0) is 9.47 Å². The summed E-state index contributed by atoms with van der Waals surface area (Å²) in [4.78, 5) is 25.1. The highest BCUT2D eigenvalue weighted by molar-refractivity contribution is 4.93. The van der Waals surface area contributed by atoms with Crippen molar-refractivity contribution < 1.29 is 19.7 Å². The van der Waals surface area contributed by atoms with Crippen LogP contribution < -0.4 is 11.2 Å². The maximum Gasteiger partial charge on any atom is 0.330 e. The molecule has 1 fully saturated rings. The Kier molecular flexibility index (Phi) is 5.90. The lowest BCUT2D eigenvalue weighted by molar-refractivity contribution is -0.0749. The van der Waals surface area contributed by atoms with Gasteiger partial charge >= 0.3 is 5.69 Å². The number of nitrogens with one attached hydrogen (secondary N) is 1. The highest BCUT2D eigenvalue weighted by Crippen LogP contribution is 2.30. The number of hydrogen-bond donors (Lipinski definition) is 3. The van der Waals surface area contributed by atoms with Crippen LogP contribution >= 0.6 is 0 Å². The van der Waals surface area contributed by atoms with E-state index in [9.17, 15) is 19.8 Å². The number of rotatable bonds is 7. The van der Waals surface area contributed by atoms with Gasteiger partial charge in [0.1, 0.15) is 18.3 Å². The van der Waals surface area contributed by atoms with Crippen molar-refractivity contribution in [2.24, 2.45) is 0 Å². The van der Waals surface area contributed by atoms with Crippen LogP contribution in [0.25, 0.3) is 0 Å². The van der Waals surface area contributed by atoms with Crippen molar-refractivity contribution in [2.45, 2.75) is 50.7 Å². The first-order valence-electron chi connectivity index (χ1n) is 7.46. The van der Waals surface area contributed by atoms with Gasteiger partial charge in [0, 0.05) is 18.9 Å². The molecule has 4 atom stereocenters. The molecule has 1 aromatic rings. The maximum absolute atomic E-state index is 11.9. The van der Waals surface area contributed by atoms with E-state index in [-0.39, 0.29) is 6.61 Å². The summed E-state index contributed by atoms with van der Waals surface area (Å²) in [7, 11) is 0. The van der Waals surface area contributed by atoms with Crippen molar-refractivity contribution in [3.63, 3.8) is 0 Å². The van der Waals surface area contributed by atoms with Crippen molar-refractivity contribution in [1.82, 2.24) is 9.55 Å². The average Bonchev–Trinajstić information content (AvgIpc) is 2.80. The molecule has 1 aliphatic heterocycles. The van der Waals surface area contributed by atoms with Crippen LogP contribution in [0.1, 0.15) is 32.4 Å². The predicted octanol–water partition coefficient (Wildman–Crippen LogP) is -0.637. The Morgan fingerprint density at radius 2 is 2.18 bits per heavy atom. The van der Waals surface area contributed by atoms with Gasteiger partial charge in [0.2, 0.25) is 0 Å². The van der Waals surface area contributed by atoms with Crippen LogP contribution in [0.2, 0.25) is 0 Å². The molecule has 0 aromatic carbocycles. The molecule has 1 aromatic heterocycles. The van der Waals surface area contributed by atoms with Gasteiger partial charge in [-0.05, 0) is 6.42 Å². The van der Waals surface area contributed by atoms with Gasteiger partial charge < -0.3 is 19.7 Å². The monoisotopic (exact) mass is 314 g/mol. The van der Waals surface area contributed by atoms with Crippen molar-refractivity contribution in [2.75, 3.05) is 13.2 Å². The highest BCUT2D eigenvalue weighted by Gasteiger charge is 2.45. The third-order valence-electron chi connectivity index (χ3n) is 3.68. The van der Waals surface area contributed by atoms with Crippen LogP contribution in [0.4, 0.5) is 0 Å². The molecule has 0 bridgehead atoms. The molecule has 2 heterocycles. The number of hydrogen-bond acceptors (Lipinski definition) is 6. The lowest BCUT2D eigenvalue weighted by Crippen LogP contribution is -2.39. The molecule has 1 saturated heterocycles. The third kappa shape index (κ3) is 3.64. The van der Waals surface area contributed by atoms with E-state index < -0.39 is 35.8 Å². The minimum absolute atomic E-state index is 0.384. The minimum Gasteiger partial charge on any atom is -0.394 e. The SMILES string of the molecule is CCCCCOC1C(O)[C@H](CO)O[C@@H]1n1ccc(=O)[nH]c1=O. The topological polar surface area (TPSA) is 114 Å². The van der Waals surface area contributed by atoms with E-state index in [0.717, 1.165) is 23.8 Å². The minimum atomic E-state index is -1.05. The number of aromatic nitrogens is 2. The molecular weight excluding hydrogens is 292 g/mol. The van der Waals surface area contributed by atoms with Gasteiger partial charge in [0.05, 0.1) is 6.61 Å². The molecule has 2 unspecified atom stereocenters. The van der Waals surface area contributed by atoms with Gasteiger partial charge in [-0.15, -0.1) is 0 Å². The summed E-state index contributed by atoms with van der Waals surface area (Å²) in [6, 6.07) is 1.19. The molecule has 3 N–H and O–H groups in total. The third-order valence-corrected chi connectivity index (χ3v) is 3.68. The molecule has 0 amide bonds. The maximum atomic E-state index is 11.9. The molecule has 0 aliphatic carbocycles. The second-order valence-corrected chi connectivity index (χ2v) is 5.30. The van der Waals surface area contributed by atoms with Crippen LogP contribution in [0.15, 0.2) is 21.9 Å².